The maximum absolute atomic E-state index is 11.6. The van der Waals surface area contributed by atoms with Crippen LogP contribution in [0.15, 0.2) is 40.8 Å². The zero-order valence-electron chi connectivity index (χ0n) is 11.2. The van der Waals surface area contributed by atoms with Crippen LogP contribution in [0.2, 0.25) is 0 Å². The van der Waals surface area contributed by atoms with Crippen LogP contribution in [0.4, 0.5) is 5.69 Å². The van der Waals surface area contributed by atoms with E-state index in [2.05, 4.69) is 10.6 Å². The fourth-order valence-electron chi connectivity index (χ4n) is 1.77. The molecule has 0 aliphatic heterocycles. The van der Waals surface area contributed by atoms with Crippen molar-refractivity contribution in [3.63, 3.8) is 0 Å². The Hall–Kier alpha value is -2.23. The molecule has 0 saturated carbocycles. The summed E-state index contributed by atoms with van der Waals surface area (Å²) in [5.74, 6) is 1.75. The predicted molar refractivity (Wildman–Crippen MR) is 75.2 cm³/mol. The topological polar surface area (TPSA) is 54.3 Å². The normalized spacial score (nSPS) is 10.2. The summed E-state index contributed by atoms with van der Waals surface area (Å²) in [6.45, 7) is 5.09. The van der Waals surface area contributed by atoms with Gasteiger partial charge in [-0.15, -0.1) is 0 Å². The Balaban J connectivity index is 1.93. The lowest BCUT2D eigenvalue weighted by Crippen LogP contribution is -2.22. The second-order valence-electron chi connectivity index (χ2n) is 4.30. The molecule has 0 radical (unpaired) electrons. The van der Waals surface area contributed by atoms with E-state index in [0.717, 1.165) is 17.2 Å². The summed E-state index contributed by atoms with van der Waals surface area (Å²) in [5, 5.41) is 6.01. The first-order chi connectivity index (χ1) is 9.19. The van der Waals surface area contributed by atoms with Crippen LogP contribution in [-0.4, -0.2) is 12.5 Å². The molecule has 0 atom stereocenters. The van der Waals surface area contributed by atoms with Crippen LogP contribution in [0, 0.1) is 6.92 Å². The van der Waals surface area contributed by atoms with Crippen molar-refractivity contribution >= 4 is 11.6 Å². The Bertz CT molecular complexity index is 544. The average Bonchev–Trinajstić information content (AvgIpc) is 2.83. The average molecular weight is 258 g/mol. The third kappa shape index (κ3) is 3.61. The van der Waals surface area contributed by atoms with Crippen molar-refractivity contribution < 1.29 is 9.21 Å². The standard InChI is InChI=1S/C15H18N2O2/c1-3-16-15(18)12-5-7-13(8-6-12)17-10-14-9-4-11(2)19-14/h4-9,17H,3,10H2,1-2H3,(H,16,18). The highest BCUT2D eigenvalue weighted by Gasteiger charge is 2.03. The van der Waals surface area contributed by atoms with Gasteiger partial charge in [-0.2, -0.15) is 0 Å². The first kappa shape index (κ1) is 13.2. The smallest absolute Gasteiger partial charge is 0.251 e. The second kappa shape index (κ2) is 6.09. The van der Waals surface area contributed by atoms with Gasteiger partial charge in [0.15, 0.2) is 0 Å². The van der Waals surface area contributed by atoms with Crippen LogP contribution >= 0.6 is 0 Å². The van der Waals surface area contributed by atoms with E-state index in [4.69, 9.17) is 4.42 Å². The van der Waals surface area contributed by atoms with E-state index in [0.29, 0.717) is 18.7 Å². The zero-order chi connectivity index (χ0) is 13.7. The van der Waals surface area contributed by atoms with Crippen molar-refractivity contribution in [1.82, 2.24) is 5.32 Å². The molecule has 1 amide bonds. The maximum Gasteiger partial charge on any atom is 0.251 e. The Morgan fingerprint density at radius 1 is 1.16 bits per heavy atom. The number of nitrogens with one attached hydrogen (secondary N) is 2. The van der Waals surface area contributed by atoms with E-state index >= 15 is 0 Å². The van der Waals surface area contributed by atoms with E-state index in [9.17, 15) is 4.79 Å². The van der Waals surface area contributed by atoms with Crippen molar-refractivity contribution in [1.29, 1.82) is 0 Å². The number of furan rings is 1. The summed E-state index contributed by atoms with van der Waals surface area (Å²) < 4.78 is 5.47. The van der Waals surface area contributed by atoms with Crippen molar-refractivity contribution in [3.8, 4) is 0 Å². The highest BCUT2D eigenvalue weighted by atomic mass is 16.3. The van der Waals surface area contributed by atoms with Crippen LogP contribution in [0.25, 0.3) is 0 Å². The summed E-state index contributed by atoms with van der Waals surface area (Å²) in [6.07, 6.45) is 0. The fraction of sp³-hybridized carbons (Fsp3) is 0.267. The number of amides is 1. The molecule has 1 heterocycles. The van der Waals surface area contributed by atoms with Crippen LogP contribution in [0.1, 0.15) is 28.8 Å². The first-order valence-corrected chi connectivity index (χ1v) is 6.36. The van der Waals surface area contributed by atoms with Crippen LogP contribution in [0.5, 0.6) is 0 Å². The van der Waals surface area contributed by atoms with Crippen molar-refractivity contribution in [2.75, 3.05) is 11.9 Å². The number of rotatable bonds is 5. The minimum atomic E-state index is -0.0456. The van der Waals surface area contributed by atoms with E-state index in [1.165, 1.54) is 0 Å². The Labute approximate surface area is 112 Å². The quantitative estimate of drug-likeness (QED) is 0.867. The maximum atomic E-state index is 11.6. The van der Waals surface area contributed by atoms with Gasteiger partial charge in [0, 0.05) is 17.8 Å². The minimum absolute atomic E-state index is 0.0456. The molecule has 19 heavy (non-hydrogen) atoms. The van der Waals surface area contributed by atoms with Gasteiger partial charge in [0.25, 0.3) is 5.91 Å². The molecular weight excluding hydrogens is 240 g/mol. The molecule has 2 aromatic rings. The summed E-state index contributed by atoms with van der Waals surface area (Å²) in [7, 11) is 0. The molecule has 0 aliphatic carbocycles. The van der Waals surface area contributed by atoms with Crippen LogP contribution < -0.4 is 10.6 Å². The molecule has 1 aromatic carbocycles. The molecular formula is C15H18N2O2. The molecule has 2 N–H and O–H groups in total. The van der Waals surface area contributed by atoms with E-state index < -0.39 is 0 Å². The van der Waals surface area contributed by atoms with Crippen molar-refractivity contribution in [2.45, 2.75) is 20.4 Å². The van der Waals surface area contributed by atoms with E-state index in [-0.39, 0.29) is 5.91 Å². The number of benzene rings is 1. The Kier molecular flexibility index (Phi) is 4.23. The molecule has 2 rings (SSSR count). The molecule has 0 fully saturated rings. The largest absolute Gasteiger partial charge is 0.465 e. The van der Waals surface area contributed by atoms with Crippen molar-refractivity contribution in [3.05, 3.63) is 53.5 Å². The molecule has 1 aromatic heterocycles. The van der Waals surface area contributed by atoms with Gasteiger partial charge < -0.3 is 15.1 Å². The number of hydrogen-bond acceptors (Lipinski definition) is 3. The molecule has 4 heteroatoms. The number of carbonyl (C=O) groups is 1. The number of hydrogen-bond donors (Lipinski definition) is 2. The first-order valence-electron chi connectivity index (χ1n) is 6.36. The van der Waals surface area contributed by atoms with E-state index in [1.807, 2.05) is 38.1 Å². The monoisotopic (exact) mass is 258 g/mol. The number of carbonyl (C=O) groups excluding carboxylic acids is 1. The molecule has 100 valence electrons. The summed E-state index contributed by atoms with van der Waals surface area (Å²) in [5.41, 5.74) is 1.63. The lowest BCUT2D eigenvalue weighted by atomic mass is 10.2. The minimum Gasteiger partial charge on any atom is -0.465 e. The Morgan fingerprint density at radius 3 is 2.47 bits per heavy atom. The molecule has 0 aliphatic rings. The fourth-order valence-corrected chi connectivity index (χ4v) is 1.77. The molecule has 0 unspecified atom stereocenters. The lowest BCUT2D eigenvalue weighted by molar-refractivity contribution is 0.0956. The van der Waals surface area contributed by atoms with Gasteiger partial charge in [-0.3, -0.25) is 4.79 Å². The van der Waals surface area contributed by atoms with Gasteiger partial charge >= 0.3 is 0 Å². The predicted octanol–water partition coefficient (Wildman–Crippen LogP) is 2.95. The van der Waals surface area contributed by atoms with Gasteiger partial charge in [0.05, 0.1) is 6.54 Å². The zero-order valence-corrected chi connectivity index (χ0v) is 11.2. The van der Waals surface area contributed by atoms with Crippen molar-refractivity contribution in [2.24, 2.45) is 0 Å². The molecule has 0 saturated heterocycles. The van der Waals surface area contributed by atoms with Gasteiger partial charge in [-0.1, -0.05) is 0 Å². The lowest BCUT2D eigenvalue weighted by Gasteiger charge is -2.06. The third-order valence-corrected chi connectivity index (χ3v) is 2.75. The third-order valence-electron chi connectivity index (χ3n) is 2.75. The number of aryl methyl sites for hydroxylation is 1. The SMILES string of the molecule is CCNC(=O)c1ccc(NCc2ccc(C)o2)cc1. The summed E-state index contributed by atoms with van der Waals surface area (Å²) in [6, 6.07) is 11.3. The summed E-state index contributed by atoms with van der Waals surface area (Å²) in [4.78, 5) is 11.6. The number of anilines is 1. The molecule has 0 spiro atoms. The van der Waals surface area contributed by atoms with Crippen LogP contribution in [0.3, 0.4) is 0 Å². The van der Waals surface area contributed by atoms with Gasteiger partial charge in [0.1, 0.15) is 11.5 Å². The van der Waals surface area contributed by atoms with Gasteiger partial charge in [-0.25, -0.2) is 0 Å². The van der Waals surface area contributed by atoms with Gasteiger partial charge in [-0.05, 0) is 50.2 Å². The van der Waals surface area contributed by atoms with E-state index in [1.54, 1.807) is 12.1 Å². The Morgan fingerprint density at radius 2 is 1.89 bits per heavy atom. The molecule has 0 bridgehead atoms. The summed E-state index contributed by atoms with van der Waals surface area (Å²) >= 11 is 0. The highest BCUT2D eigenvalue weighted by Crippen LogP contribution is 2.12. The van der Waals surface area contributed by atoms with Gasteiger partial charge in [0.2, 0.25) is 0 Å². The molecule has 4 nitrogen and oxygen atoms in total. The second-order valence-corrected chi connectivity index (χ2v) is 4.30. The highest BCUT2D eigenvalue weighted by molar-refractivity contribution is 5.94. The van der Waals surface area contributed by atoms with Crippen LogP contribution in [-0.2, 0) is 6.54 Å².